The Morgan fingerprint density at radius 2 is 1.86 bits per heavy atom. The normalized spacial score (nSPS) is 17.7. The number of nitrogens with zero attached hydrogens (tertiary/aromatic N) is 3. The lowest BCUT2D eigenvalue weighted by atomic mass is 10.2. The number of piperazine rings is 1. The van der Waals surface area contributed by atoms with E-state index in [-0.39, 0.29) is 11.9 Å². The van der Waals surface area contributed by atoms with E-state index < -0.39 is 0 Å². The molecule has 1 aliphatic heterocycles. The van der Waals surface area contributed by atoms with Crippen molar-refractivity contribution < 1.29 is 4.79 Å². The number of amides is 1. The quantitative estimate of drug-likeness (QED) is 0.837. The maximum Gasteiger partial charge on any atom is 0.239 e. The molecule has 1 amide bonds. The molecule has 0 saturated carbocycles. The minimum atomic E-state index is -0.386. The summed E-state index contributed by atoms with van der Waals surface area (Å²) in [5.74, 6) is 0.0702. The van der Waals surface area contributed by atoms with Crippen LogP contribution in [0.3, 0.4) is 0 Å². The topological polar surface area (TPSA) is 52.8 Å². The van der Waals surface area contributed by atoms with Crippen molar-refractivity contribution >= 4 is 5.91 Å². The van der Waals surface area contributed by atoms with Crippen LogP contribution >= 0.6 is 0 Å². The van der Waals surface area contributed by atoms with E-state index in [2.05, 4.69) is 41.1 Å². The molecule has 0 radical (unpaired) electrons. The lowest BCUT2D eigenvalue weighted by Gasteiger charge is -2.36. The zero-order valence-electron chi connectivity index (χ0n) is 13.7. The Kier molecular flexibility index (Phi) is 6.36. The molecule has 22 heavy (non-hydrogen) atoms. The first-order chi connectivity index (χ1) is 10.6. The summed E-state index contributed by atoms with van der Waals surface area (Å²) in [7, 11) is 2.16. The molecule has 0 aliphatic carbocycles. The zero-order chi connectivity index (χ0) is 15.9. The first-order valence-corrected chi connectivity index (χ1v) is 8.05. The number of likely N-dealkylation sites (N-methyl/N-ethyl adjacent to an activating group) is 1. The van der Waals surface area contributed by atoms with Gasteiger partial charge in [-0.2, -0.15) is 0 Å². The molecule has 0 aromatic heterocycles. The highest BCUT2D eigenvalue weighted by Gasteiger charge is 2.22. The van der Waals surface area contributed by atoms with Crippen molar-refractivity contribution in [3.63, 3.8) is 0 Å². The SMILES string of the molecule is C[C@@H](N)C(=O)N1CCN(CCN(C)Cc2ccccc2)CC1. The maximum atomic E-state index is 11.8. The fourth-order valence-electron chi connectivity index (χ4n) is 2.77. The van der Waals surface area contributed by atoms with Crippen LogP contribution in [-0.4, -0.2) is 73.0 Å². The van der Waals surface area contributed by atoms with E-state index >= 15 is 0 Å². The van der Waals surface area contributed by atoms with Crippen molar-refractivity contribution in [3.8, 4) is 0 Å². The van der Waals surface area contributed by atoms with Gasteiger partial charge in [-0.3, -0.25) is 9.69 Å². The van der Waals surface area contributed by atoms with Crippen molar-refractivity contribution in [2.24, 2.45) is 5.73 Å². The molecule has 1 heterocycles. The average molecular weight is 304 g/mol. The van der Waals surface area contributed by atoms with Crippen LogP contribution in [0.5, 0.6) is 0 Å². The standard InChI is InChI=1S/C17H28N4O/c1-15(18)17(22)21-12-10-20(11-13-21)9-8-19(2)14-16-6-4-3-5-7-16/h3-7,15H,8-14,18H2,1-2H3/t15-/m1/s1. The van der Waals surface area contributed by atoms with Gasteiger partial charge in [0.2, 0.25) is 5.91 Å². The van der Waals surface area contributed by atoms with Crippen LogP contribution in [-0.2, 0) is 11.3 Å². The van der Waals surface area contributed by atoms with E-state index in [4.69, 9.17) is 5.73 Å². The van der Waals surface area contributed by atoms with Gasteiger partial charge in [-0.05, 0) is 19.5 Å². The molecule has 1 aromatic carbocycles. The molecule has 122 valence electrons. The monoisotopic (exact) mass is 304 g/mol. The largest absolute Gasteiger partial charge is 0.339 e. The first-order valence-electron chi connectivity index (χ1n) is 8.05. The second kappa shape index (κ2) is 8.27. The van der Waals surface area contributed by atoms with Gasteiger partial charge in [-0.15, -0.1) is 0 Å². The molecule has 1 fully saturated rings. The molecule has 1 aliphatic rings. The Bertz CT molecular complexity index is 455. The average Bonchev–Trinajstić information content (AvgIpc) is 2.53. The summed E-state index contributed by atoms with van der Waals surface area (Å²) in [6.45, 7) is 8.29. The molecule has 2 N–H and O–H groups in total. The van der Waals surface area contributed by atoms with Gasteiger partial charge in [0.25, 0.3) is 0 Å². The predicted molar refractivity (Wildman–Crippen MR) is 89.4 cm³/mol. The van der Waals surface area contributed by atoms with E-state index in [1.165, 1.54) is 5.56 Å². The molecule has 0 bridgehead atoms. The van der Waals surface area contributed by atoms with Crippen LogP contribution in [0.15, 0.2) is 30.3 Å². The summed E-state index contributed by atoms with van der Waals surface area (Å²) < 4.78 is 0. The third kappa shape index (κ3) is 5.09. The Labute approximate surface area is 133 Å². The van der Waals surface area contributed by atoms with Gasteiger partial charge >= 0.3 is 0 Å². The van der Waals surface area contributed by atoms with Gasteiger partial charge in [0.1, 0.15) is 0 Å². The van der Waals surface area contributed by atoms with Crippen LogP contribution in [0.25, 0.3) is 0 Å². The molecule has 5 nitrogen and oxygen atoms in total. The van der Waals surface area contributed by atoms with E-state index in [0.717, 1.165) is 45.8 Å². The lowest BCUT2D eigenvalue weighted by molar-refractivity contribution is -0.133. The summed E-state index contributed by atoms with van der Waals surface area (Å²) in [5, 5.41) is 0. The molecule has 2 rings (SSSR count). The van der Waals surface area contributed by atoms with Crippen LogP contribution in [0.4, 0.5) is 0 Å². The van der Waals surface area contributed by atoms with Crippen LogP contribution in [0, 0.1) is 0 Å². The molecular formula is C17H28N4O. The van der Waals surface area contributed by atoms with Crippen LogP contribution in [0.1, 0.15) is 12.5 Å². The number of rotatable bonds is 6. The van der Waals surface area contributed by atoms with Crippen molar-refractivity contribution in [2.75, 3.05) is 46.3 Å². The van der Waals surface area contributed by atoms with Gasteiger partial charge in [0, 0.05) is 45.8 Å². The van der Waals surface area contributed by atoms with Crippen molar-refractivity contribution in [1.82, 2.24) is 14.7 Å². The second-order valence-corrected chi connectivity index (χ2v) is 6.18. The van der Waals surface area contributed by atoms with Crippen LogP contribution in [0.2, 0.25) is 0 Å². The molecule has 0 spiro atoms. The van der Waals surface area contributed by atoms with Crippen molar-refractivity contribution in [2.45, 2.75) is 19.5 Å². The fraction of sp³-hybridized carbons (Fsp3) is 0.588. The van der Waals surface area contributed by atoms with Gasteiger partial charge in [-0.1, -0.05) is 30.3 Å². The summed E-state index contributed by atoms with van der Waals surface area (Å²) in [5.41, 5.74) is 7.01. The van der Waals surface area contributed by atoms with E-state index in [1.807, 2.05) is 11.0 Å². The van der Waals surface area contributed by atoms with Gasteiger partial charge in [-0.25, -0.2) is 0 Å². The number of hydrogen-bond donors (Lipinski definition) is 1. The minimum absolute atomic E-state index is 0.0702. The number of hydrogen-bond acceptors (Lipinski definition) is 4. The lowest BCUT2D eigenvalue weighted by Crippen LogP contribution is -2.53. The molecule has 0 unspecified atom stereocenters. The van der Waals surface area contributed by atoms with Gasteiger partial charge in [0.05, 0.1) is 6.04 Å². The third-order valence-electron chi connectivity index (χ3n) is 4.17. The summed E-state index contributed by atoms with van der Waals surface area (Å²) >= 11 is 0. The molecule has 5 heteroatoms. The Morgan fingerprint density at radius 3 is 2.45 bits per heavy atom. The Morgan fingerprint density at radius 1 is 1.23 bits per heavy atom. The van der Waals surface area contributed by atoms with E-state index in [1.54, 1.807) is 6.92 Å². The summed E-state index contributed by atoms with van der Waals surface area (Å²) in [6.07, 6.45) is 0. The van der Waals surface area contributed by atoms with Crippen LogP contribution < -0.4 is 5.73 Å². The summed E-state index contributed by atoms with van der Waals surface area (Å²) in [4.78, 5) is 18.5. The molecular weight excluding hydrogens is 276 g/mol. The fourth-order valence-corrected chi connectivity index (χ4v) is 2.77. The number of carbonyl (C=O) groups is 1. The second-order valence-electron chi connectivity index (χ2n) is 6.18. The number of nitrogens with two attached hydrogens (primary N) is 1. The Hall–Kier alpha value is -1.43. The highest BCUT2D eigenvalue weighted by atomic mass is 16.2. The number of benzene rings is 1. The van der Waals surface area contributed by atoms with E-state index in [0.29, 0.717) is 0 Å². The predicted octanol–water partition coefficient (Wildman–Crippen LogP) is 0.610. The zero-order valence-corrected chi connectivity index (χ0v) is 13.7. The molecule has 1 aromatic rings. The molecule has 1 saturated heterocycles. The molecule has 1 atom stereocenters. The van der Waals surface area contributed by atoms with Gasteiger partial charge < -0.3 is 15.5 Å². The first kappa shape index (κ1) is 16.9. The minimum Gasteiger partial charge on any atom is -0.339 e. The van der Waals surface area contributed by atoms with Crippen molar-refractivity contribution in [3.05, 3.63) is 35.9 Å². The number of carbonyl (C=O) groups excluding carboxylic acids is 1. The highest BCUT2D eigenvalue weighted by Crippen LogP contribution is 2.05. The maximum absolute atomic E-state index is 11.8. The summed E-state index contributed by atoms with van der Waals surface area (Å²) in [6, 6.07) is 10.1. The van der Waals surface area contributed by atoms with Gasteiger partial charge in [0.15, 0.2) is 0 Å². The smallest absolute Gasteiger partial charge is 0.239 e. The Balaban J connectivity index is 1.67. The van der Waals surface area contributed by atoms with E-state index in [9.17, 15) is 4.79 Å². The highest BCUT2D eigenvalue weighted by molar-refractivity contribution is 5.81. The van der Waals surface area contributed by atoms with Crippen molar-refractivity contribution in [1.29, 1.82) is 0 Å². The third-order valence-corrected chi connectivity index (χ3v) is 4.17.